The van der Waals surface area contributed by atoms with E-state index in [0.717, 1.165) is 20.0 Å². The first kappa shape index (κ1) is 13.2. The van der Waals surface area contributed by atoms with Crippen molar-refractivity contribution in [2.24, 2.45) is 0 Å². The SMILES string of the molecule is O=C1C(c2cccc(Br)c2)=[N+]([O-])c2ccc3ccccc3c21. The molecule has 1 heterocycles. The average Bonchev–Trinajstić information content (AvgIpc) is 2.79. The third kappa shape index (κ3) is 1.81. The van der Waals surface area contributed by atoms with E-state index in [1.807, 2.05) is 42.5 Å². The maximum Gasteiger partial charge on any atom is 0.273 e. The molecular weight excluding hydrogens is 342 g/mol. The van der Waals surface area contributed by atoms with Gasteiger partial charge < -0.3 is 5.21 Å². The molecule has 3 aromatic carbocycles. The monoisotopic (exact) mass is 351 g/mol. The predicted molar refractivity (Wildman–Crippen MR) is 89.8 cm³/mol. The summed E-state index contributed by atoms with van der Waals surface area (Å²) in [4.78, 5) is 12.8. The molecule has 0 spiro atoms. The Morgan fingerprint density at radius 2 is 1.77 bits per heavy atom. The van der Waals surface area contributed by atoms with Crippen LogP contribution in [0.2, 0.25) is 0 Å². The lowest BCUT2D eigenvalue weighted by atomic mass is 9.97. The zero-order chi connectivity index (χ0) is 15.3. The molecule has 0 unspecified atom stereocenters. The summed E-state index contributed by atoms with van der Waals surface area (Å²) in [6.07, 6.45) is 0. The number of hydrogen-bond donors (Lipinski definition) is 0. The second-order valence-corrected chi connectivity index (χ2v) is 6.08. The molecule has 0 amide bonds. The Balaban J connectivity index is 1.99. The van der Waals surface area contributed by atoms with Gasteiger partial charge in [-0.15, -0.1) is 0 Å². The van der Waals surface area contributed by atoms with Crippen molar-refractivity contribution in [3.8, 4) is 0 Å². The molecule has 4 rings (SSSR count). The quantitative estimate of drug-likeness (QED) is 0.480. The van der Waals surface area contributed by atoms with Crippen molar-refractivity contribution in [2.45, 2.75) is 0 Å². The van der Waals surface area contributed by atoms with Crippen LogP contribution in [0.3, 0.4) is 0 Å². The van der Waals surface area contributed by atoms with Gasteiger partial charge in [0, 0.05) is 10.5 Å². The van der Waals surface area contributed by atoms with Crippen LogP contribution in [-0.2, 0) is 0 Å². The number of Topliss-reactive ketones (excluding diaryl/α,β-unsaturated/α-hetero) is 1. The minimum absolute atomic E-state index is 0.174. The van der Waals surface area contributed by atoms with Crippen molar-refractivity contribution in [3.63, 3.8) is 0 Å². The summed E-state index contributed by atoms with van der Waals surface area (Å²) in [5.74, 6) is -0.222. The Bertz CT molecular complexity index is 976. The molecule has 4 heteroatoms. The molecule has 106 valence electrons. The van der Waals surface area contributed by atoms with E-state index in [9.17, 15) is 10.0 Å². The van der Waals surface area contributed by atoms with Crippen LogP contribution in [0.4, 0.5) is 5.69 Å². The summed E-state index contributed by atoms with van der Waals surface area (Å²) >= 11 is 3.38. The van der Waals surface area contributed by atoms with Gasteiger partial charge >= 0.3 is 0 Å². The van der Waals surface area contributed by atoms with Crippen molar-refractivity contribution in [3.05, 3.63) is 81.5 Å². The molecule has 0 fully saturated rings. The van der Waals surface area contributed by atoms with Gasteiger partial charge in [0.05, 0.1) is 5.56 Å². The molecule has 0 N–H and O–H groups in total. The lowest BCUT2D eigenvalue weighted by Crippen LogP contribution is -2.16. The van der Waals surface area contributed by atoms with Crippen LogP contribution < -0.4 is 0 Å². The smallest absolute Gasteiger partial charge is 0.273 e. The van der Waals surface area contributed by atoms with E-state index in [4.69, 9.17) is 0 Å². The summed E-state index contributed by atoms with van der Waals surface area (Å²) in [5, 5.41) is 14.4. The molecule has 0 aliphatic carbocycles. The van der Waals surface area contributed by atoms with E-state index in [1.54, 1.807) is 18.2 Å². The van der Waals surface area contributed by atoms with Gasteiger partial charge in [0.2, 0.25) is 5.69 Å². The molecule has 0 saturated carbocycles. The summed E-state index contributed by atoms with van der Waals surface area (Å²) in [6, 6.07) is 18.4. The highest BCUT2D eigenvalue weighted by molar-refractivity contribution is 9.10. The Kier molecular flexibility index (Phi) is 2.87. The van der Waals surface area contributed by atoms with E-state index in [2.05, 4.69) is 15.9 Å². The van der Waals surface area contributed by atoms with Crippen molar-refractivity contribution in [2.75, 3.05) is 0 Å². The first-order valence-corrected chi connectivity index (χ1v) is 7.63. The number of fused-ring (bicyclic) bond motifs is 3. The van der Waals surface area contributed by atoms with Crippen molar-refractivity contribution in [1.82, 2.24) is 0 Å². The number of benzene rings is 3. The number of carbonyl (C=O) groups excluding carboxylic acids is 1. The molecule has 0 atom stereocenters. The first-order valence-electron chi connectivity index (χ1n) is 6.83. The highest BCUT2D eigenvalue weighted by Gasteiger charge is 2.37. The predicted octanol–water partition coefficient (Wildman–Crippen LogP) is 4.43. The Morgan fingerprint density at radius 1 is 0.955 bits per heavy atom. The van der Waals surface area contributed by atoms with Gasteiger partial charge in [0.15, 0.2) is 0 Å². The van der Waals surface area contributed by atoms with Gasteiger partial charge in [-0.3, -0.25) is 4.79 Å². The van der Waals surface area contributed by atoms with Crippen LogP contribution in [0.5, 0.6) is 0 Å². The normalized spacial score (nSPS) is 13.8. The van der Waals surface area contributed by atoms with E-state index >= 15 is 0 Å². The topological polar surface area (TPSA) is 43.1 Å². The molecule has 0 saturated heterocycles. The first-order chi connectivity index (χ1) is 10.7. The zero-order valence-electron chi connectivity index (χ0n) is 11.4. The molecule has 0 bridgehead atoms. The maximum atomic E-state index is 12.8. The fourth-order valence-corrected chi connectivity index (χ4v) is 3.28. The summed E-state index contributed by atoms with van der Waals surface area (Å²) in [5.41, 5.74) is 1.70. The van der Waals surface area contributed by atoms with E-state index < -0.39 is 0 Å². The number of halogens is 1. The van der Waals surface area contributed by atoms with E-state index in [0.29, 0.717) is 16.8 Å². The fraction of sp³-hybridized carbons (Fsp3) is 0. The Labute approximate surface area is 135 Å². The van der Waals surface area contributed by atoms with Crippen LogP contribution in [-0.4, -0.2) is 16.2 Å². The molecule has 0 radical (unpaired) electrons. The van der Waals surface area contributed by atoms with Crippen LogP contribution in [0, 0.1) is 5.21 Å². The third-order valence-electron chi connectivity index (χ3n) is 3.87. The number of nitrogens with zero attached hydrogens (tertiary/aromatic N) is 1. The van der Waals surface area contributed by atoms with Crippen molar-refractivity contribution in [1.29, 1.82) is 0 Å². The summed E-state index contributed by atoms with van der Waals surface area (Å²) < 4.78 is 1.57. The van der Waals surface area contributed by atoms with Gasteiger partial charge in [-0.1, -0.05) is 46.3 Å². The van der Waals surface area contributed by atoms with Gasteiger partial charge in [0.1, 0.15) is 5.56 Å². The van der Waals surface area contributed by atoms with E-state index in [1.165, 1.54) is 0 Å². The number of rotatable bonds is 1. The molecule has 3 aromatic rings. The second kappa shape index (κ2) is 4.78. The summed E-state index contributed by atoms with van der Waals surface area (Å²) in [7, 11) is 0. The molecule has 0 aromatic heterocycles. The van der Waals surface area contributed by atoms with Crippen LogP contribution in [0.1, 0.15) is 15.9 Å². The molecule has 22 heavy (non-hydrogen) atoms. The molecule has 1 aliphatic rings. The standard InChI is InChI=1S/C18H10BrNO2/c19-13-6-3-5-12(10-13)17-18(21)16-14-7-2-1-4-11(14)8-9-15(16)20(17)22/h1-10H. The van der Waals surface area contributed by atoms with Gasteiger partial charge in [-0.05, 0) is 35.0 Å². The highest BCUT2D eigenvalue weighted by atomic mass is 79.9. The second-order valence-electron chi connectivity index (χ2n) is 5.16. The maximum absolute atomic E-state index is 12.8. The third-order valence-corrected chi connectivity index (χ3v) is 4.36. The van der Waals surface area contributed by atoms with Crippen molar-refractivity contribution >= 4 is 43.9 Å². The molecule has 3 nitrogen and oxygen atoms in total. The van der Waals surface area contributed by atoms with Crippen LogP contribution >= 0.6 is 15.9 Å². The number of hydrogen-bond acceptors (Lipinski definition) is 2. The summed E-state index contributed by atoms with van der Waals surface area (Å²) in [6.45, 7) is 0. The Morgan fingerprint density at radius 3 is 2.59 bits per heavy atom. The molecular formula is C18H10BrNO2. The van der Waals surface area contributed by atoms with Gasteiger partial charge in [0.25, 0.3) is 11.5 Å². The lowest BCUT2D eigenvalue weighted by Gasteiger charge is -2.03. The Hall–Kier alpha value is -2.46. The van der Waals surface area contributed by atoms with E-state index in [-0.39, 0.29) is 11.5 Å². The number of carbonyl (C=O) groups is 1. The zero-order valence-corrected chi connectivity index (χ0v) is 13.0. The minimum Gasteiger partial charge on any atom is -0.618 e. The largest absolute Gasteiger partial charge is 0.618 e. The van der Waals surface area contributed by atoms with Crippen LogP contribution in [0.25, 0.3) is 10.8 Å². The lowest BCUT2D eigenvalue weighted by molar-refractivity contribution is -0.355. The highest BCUT2D eigenvalue weighted by Crippen LogP contribution is 2.34. The average molecular weight is 352 g/mol. The van der Waals surface area contributed by atoms with Gasteiger partial charge in [-0.25, -0.2) is 0 Å². The van der Waals surface area contributed by atoms with Crippen molar-refractivity contribution < 1.29 is 9.53 Å². The van der Waals surface area contributed by atoms with Gasteiger partial charge in [-0.2, -0.15) is 4.74 Å². The minimum atomic E-state index is -0.222. The fourth-order valence-electron chi connectivity index (χ4n) is 2.88. The number of ketones is 1. The molecule has 1 aliphatic heterocycles. The van der Waals surface area contributed by atoms with Crippen LogP contribution in [0.15, 0.2) is 65.1 Å².